The molecule has 286 valence electrons. The highest BCUT2D eigenvalue weighted by Gasteiger charge is 2.39. The van der Waals surface area contributed by atoms with Crippen molar-refractivity contribution < 1.29 is 50.9 Å². The normalized spacial score (nSPS) is 20.5. The molecular formula is C41H41F5N2O6. The minimum atomic E-state index is -2.35. The molecule has 13 heteroatoms. The first-order valence-corrected chi connectivity index (χ1v) is 17.7. The van der Waals surface area contributed by atoms with Crippen LogP contribution in [0.15, 0.2) is 72.8 Å². The summed E-state index contributed by atoms with van der Waals surface area (Å²) in [6.07, 6.45) is 0.624. The minimum absolute atomic E-state index is 0.0889. The van der Waals surface area contributed by atoms with E-state index in [-0.39, 0.29) is 37.4 Å². The standard InChI is InChI=1S/C41H41F5N2O6/c1-41(2,3)54-39(51)30-9-6-18-48(30)21-28-19-31(25-12-10-23(22-49)11-13-25)53-40(52-28)26-16-14-24(15-17-26)29-8-5-4-7-27(29)20-47-38(50)32-33(42)35(44)37(46)36(45)34(32)43/h4-5,7-8,10-17,28,30-31,40,49H,6,9,18-22H2,1-3H3,(H,47,50)/t28-,30+,31+,40+/m1/s1. The van der Waals surface area contributed by atoms with Crippen LogP contribution in [0.3, 0.4) is 0 Å². The van der Waals surface area contributed by atoms with Crippen LogP contribution in [0.5, 0.6) is 0 Å². The molecule has 0 saturated carbocycles. The van der Waals surface area contributed by atoms with Crippen molar-refractivity contribution in [1.29, 1.82) is 0 Å². The zero-order valence-corrected chi connectivity index (χ0v) is 30.0. The van der Waals surface area contributed by atoms with Gasteiger partial charge in [-0.2, -0.15) is 0 Å². The fourth-order valence-electron chi connectivity index (χ4n) is 6.82. The van der Waals surface area contributed by atoms with Gasteiger partial charge in [0.1, 0.15) is 17.2 Å². The molecule has 2 fully saturated rings. The molecule has 4 aromatic rings. The number of carbonyl (C=O) groups is 2. The van der Waals surface area contributed by atoms with E-state index in [0.717, 1.165) is 24.1 Å². The van der Waals surface area contributed by atoms with Crippen LogP contribution in [0.25, 0.3) is 11.1 Å². The van der Waals surface area contributed by atoms with Crippen molar-refractivity contribution in [1.82, 2.24) is 10.2 Å². The Morgan fingerprint density at radius 2 is 1.48 bits per heavy atom. The van der Waals surface area contributed by atoms with Crippen molar-refractivity contribution in [3.8, 4) is 11.1 Å². The minimum Gasteiger partial charge on any atom is -0.459 e. The molecule has 8 nitrogen and oxygen atoms in total. The van der Waals surface area contributed by atoms with E-state index in [1.54, 1.807) is 24.3 Å². The lowest BCUT2D eigenvalue weighted by Gasteiger charge is -2.38. The predicted octanol–water partition coefficient (Wildman–Crippen LogP) is 7.82. The number of halogens is 5. The number of nitrogens with one attached hydrogen (secondary N) is 1. The molecule has 6 rings (SSSR count). The number of esters is 1. The van der Waals surface area contributed by atoms with E-state index in [0.29, 0.717) is 41.6 Å². The molecule has 4 atom stereocenters. The van der Waals surface area contributed by atoms with Crippen LogP contribution in [-0.4, -0.2) is 52.7 Å². The van der Waals surface area contributed by atoms with Gasteiger partial charge >= 0.3 is 5.97 Å². The van der Waals surface area contributed by atoms with E-state index in [4.69, 9.17) is 14.2 Å². The SMILES string of the molecule is CC(C)(C)OC(=O)[C@@H]1CCCN1C[C@H]1C[C@@H](c2ccc(CO)cc2)O[C@@H](c2ccc(-c3ccccc3CNC(=O)c3c(F)c(F)c(F)c(F)c3F)cc2)O1. The predicted molar refractivity (Wildman–Crippen MR) is 188 cm³/mol. The van der Waals surface area contributed by atoms with Crippen molar-refractivity contribution in [3.63, 3.8) is 0 Å². The molecule has 2 N–H and O–H groups in total. The van der Waals surface area contributed by atoms with Crippen LogP contribution in [0, 0.1) is 29.1 Å². The Bertz CT molecular complexity index is 1960. The Morgan fingerprint density at radius 1 is 0.852 bits per heavy atom. The number of likely N-dealkylation sites (tertiary alicyclic amines) is 1. The maximum absolute atomic E-state index is 14.3. The molecule has 0 radical (unpaired) electrons. The third-order valence-electron chi connectivity index (χ3n) is 9.48. The quantitative estimate of drug-likeness (QED) is 0.0738. The van der Waals surface area contributed by atoms with Gasteiger partial charge in [-0.15, -0.1) is 0 Å². The molecule has 4 aromatic carbocycles. The number of hydrogen-bond acceptors (Lipinski definition) is 7. The van der Waals surface area contributed by atoms with E-state index >= 15 is 0 Å². The van der Waals surface area contributed by atoms with E-state index in [2.05, 4.69) is 10.2 Å². The number of ether oxygens (including phenoxy) is 3. The van der Waals surface area contributed by atoms with Crippen LogP contribution < -0.4 is 5.32 Å². The first-order valence-electron chi connectivity index (χ1n) is 17.7. The second kappa shape index (κ2) is 16.4. The number of benzene rings is 4. The van der Waals surface area contributed by atoms with Gasteiger partial charge in [-0.25, -0.2) is 22.0 Å². The maximum Gasteiger partial charge on any atom is 0.323 e. The summed E-state index contributed by atoms with van der Waals surface area (Å²) in [5.74, 6) is -12.9. The first-order chi connectivity index (χ1) is 25.7. The lowest BCUT2D eigenvalue weighted by Crippen LogP contribution is -2.45. The highest BCUT2D eigenvalue weighted by Crippen LogP contribution is 2.39. The first kappa shape index (κ1) is 39.0. The summed E-state index contributed by atoms with van der Waals surface area (Å²) in [4.78, 5) is 27.8. The maximum atomic E-state index is 14.3. The van der Waals surface area contributed by atoms with Crippen molar-refractivity contribution in [2.24, 2.45) is 0 Å². The van der Waals surface area contributed by atoms with E-state index in [9.17, 15) is 36.6 Å². The van der Waals surface area contributed by atoms with Gasteiger partial charge in [0.05, 0.1) is 18.8 Å². The number of hydrogen-bond donors (Lipinski definition) is 2. The summed E-state index contributed by atoms with van der Waals surface area (Å²) in [7, 11) is 0. The molecule has 0 unspecified atom stereocenters. The molecule has 2 heterocycles. The van der Waals surface area contributed by atoms with Gasteiger partial charge < -0.3 is 24.6 Å². The Kier molecular flexibility index (Phi) is 11.8. The number of carbonyl (C=O) groups excluding carboxylic acids is 2. The average molecular weight is 753 g/mol. The second-order valence-corrected chi connectivity index (χ2v) is 14.4. The number of aliphatic hydroxyl groups is 1. The zero-order valence-electron chi connectivity index (χ0n) is 30.0. The molecule has 0 spiro atoms. The highest BCUT2D eigenvalue weighted by molar-refractivity contribution is 5.95. The lowest BCUT2D eigenvalue weighted by molar-refractivity contribution is -0.253. The lowest BCUT2D eigenvalue weighted by atomic mass is 9.97. The molecule has 2 saturated heterocycles. The summed E-state index contributed by atoms with van der Waals surface area (Å²) < 4.78 is 88.3. The van der Waals surface area contributed by atoms with Crippen LogP contribution in [0.1, 0.15) is 85.0 Å². The largest absolute Gasteiger partial charge is 0.459 e. The van der Waals surface area contributed by atoms with Crippen LogP contribution in [0.4, 0.5) is 22.0 Å². The van der Waals surface area contributed by atoms with Crippen molar-refractivity contribution in [2.45, 2.75) is 83.3 Å². The highest BCUT2D eigenvalue weighted by atomic mass is 19.2. The Balaban J connectivity index is 1.20. The Hall–Kier alpha value is -4.69. The topological polar surface area (TPSA) is 97.3 Å². The number of amides is 1. The van der Waals surface area contributed by atoms with Gasteiger partial charge in [0.15, 0.2) is 29.6 Å². The smallest absolute Gasteiger partial charge is 0.323 e. The van der Waals surface area contributed by atoms with Gasteiger partial charge in [-0.1, -0.05) is 72.8 Å². The van der Waals surface area contributed by atoms with Crippen molar-refractivity contribution in [2.75, 3.05) is 13.1 Å². The summed E-state index contributed by atoms with van der Waals surface area (Å²) in [5.41, 5.74) is 2.09. The zero-order chi connectivity index (χ0) is 38.7. The molecule has 1 amide bonds. The molecule has 0 aliphatic carbocycles. The van der Waals surface area contributed by atoms with Gasteiger partial charge in [0, 0.05) is 25.1 Å². The molecule has 0 bridgehead atoms. The molecule has 54 heavy (non-hydrogen) atoms. The third kappa shape index (κ3) is 8.65. The average Bonchev–Trinajstić information content (AvgIpc) is 3.63. The summed E-state index contributed by atoms with van der Waals surface area (Å²) in [5, 5.41) is 11.8. The van der Waals surface area contributed by atoms with Gasteiger partial charge in [0.2, 0.25) is 5.82 Å². The summed E-state index contributed by atoms with van der Waals surface area (Å²) in [6, 6.07) is 21.3. The number of nitrogens with zero attached hydrogens (tertiary/aromatic N) is 1. The third-order valence-corrected chi connectivity index (χ3v) is 9.48. The van der Waals surface area contributed by atoms with E-state index < -0.39 is 52.4 Å². The number of aliphatic hydroxyl groups excluding tert-OH is 1. The molecule has 2 aliphatic heterocycles. The second-order valence-electron chi connectivity index (χ2n) is 14.4. The fourth-order valence-corrected chi connectivity index (χ4v) is 6.82. The molecular weight excluding hydrogens is 711 g/mol. The van der Waals surface area contributed by atoms with Crippen LogP contribution >= 0.6 is 0 Å². The van der Waals surface area contributed by atoms with Crippen molar-refractivity contribution in [3.05, 3.63) is 130 Å². The Labute approximate surface area is 309 Å². The Morgan fingerprint density at radius 3 is 2.13 bits per heavy atom. The number of rotatable bonds is 10. The summed E-state index contributed by atoms with van der Waals surface area (Å²) in [6.45, 7) is 6.38. The monoisotopic (exact) mass is 752 g/mol. The van der Waals surface area contributed by atoms with Crippen molar-refractivity contribution >= 4 is 11.9 Å². The van der Waals surface area contributed by atoms with Gasteiger partial charge in [-0.05, 0) is 68.0 Å². The van der Waals surface area contributed by atoms with Gasteiger partial charge in [0.25, 0.3) is 5.91 Å². The van der Waals surface area contributed by atoms with E-state index in [1.807, 2.05) is 69.3 Å². The van der Waals surface area contributed by atoms with Crippen LogP contribution in [-0.2, 0) is 32.2 Å². The summed E-state index contributed by atoms with van der Waals surface area (Å²) >= 11 is 0. The van der Waals surface area contributed by atoms with Crippen LogP contribution in [0.2, 0.25) is 0 Å². The van der Waals surface area contributed by atoms with Gasteiger partial charge in [-0.3, -0.25) is 14.5 Å². The van der Waals surface area contributed by atoms with E-state index in [1.165, 1.54) is 0 Å². The fraction of sp³-hybridized carbons (Fsp3) is 0.366. The molecule has 0 aromatic heterocycles. The molecule has 2 aliphatic rings.